The molecule has 1 aromatic heterocycles. The first-order chi connectivity index (χ1) is 8.25. The molecule has 1 unspecified atom stereocenters. The van der Waals surface area contributed by atoms with Crippen LogP contribution in [0.3, 0.4) is 0 Å². The minimum Gasteiger partial charge on any atom is -0.381 e. The summed E-state index contributed by atoms with van der Waals surface area (Å²) in [5.41, 5.74) is 7.05. The Bertz CT molecular complexity index is 433. The van der Waals surface area contributed by atoms with Crippen molar-refractivity contribution in [2.24, 2.45) is 5.73 Å². The first-order valence-corrected chi connectivity index (χ1v) is 6.05. The van der Waals surface area contributed by atoms with Crippen LogP contribution in [0.2, 0.25) is 0 Å². The van der Waals surface area contributed by atoms with Gasteiger partial charge < -0.3 is 10.5 Å². The van der Waals surface area contributed by atoms with Gasteiger partial charge in [0.2, 0.25) is 5.91 Å². The summed E-state index contributed by atoms with van der Waals surface area (Å²) in [5.74, 6) is -0.0343. The van der Waals surface area contributed by atoms with Crippen molar-refractivity contribution < 1.29 is 9.53 Å². The molecule has 17 heavy (non-hydrogen) atoms. The molecule has 6 heteroatoms. The van der Waals surface area contributed by atoms with Gasteiger partial charge in [-0.3, -0.25) is 4.79 Å². The molecule has 1 aliphatic heterocycles. The second kappa shape index (κ2) is 4.10. The highest BCUT2D eigenvalue weighted by atomic mass is 16.5. The van der Waals surface area contributed by atoms with Gasteiger partial charge in [0.25, 0.3) is 0 Å². The Hall–Kier alpha value is -1.43. The van der Waals surface area contributed by atoms with E-state index in [1.807, 2.05) is 4.68 Å². The number of carbonyl (C=O) groups excluding carboxylic acids is 1. The van der Waals surface area contributed by atoms with Crippen LogP contribution in [0.1, 0.15) is 42.6 Å². The number of rotatable bonds is 4. The minimum atomic E-state index is -0.354. The van der Waals surface area contributed by atoms with Gasteiger partial charge in [-0.05, 0) is 19.3 Å². The summed E-state index contributed by atoms with van der Waals surface area (Å²) in [6.07, 6.45) is 3.46. The van der Waals surface area contributed by atoms with E-state index in [1.165, 1.54) is 0 Å². The largest absolute Gasteiger partial charge is 0.381 e. The number of hydrogen-bond acceptors (Lipinski definition) is 4. The predicted octanol–water partition coefficient (Wildman–Crippen LogP) is 0.145. The monoisotopic (exact) mass is 236 g/mol. The number of primary amides is 1. The molecule has 1 aliphatic carbocycles. The van der Waals surface area contributed by atoms with E-state index in [1.54, 1.807) is 0 Å². The lowest BCUT2D eigenvalue weighted by Crippen LogP contribution is -2.17. The van der Waals surface area contributed by atoms with Crippen LogP contribution in [0.5, 0.6) is 0 Å². The summed E-state index contributed by atoms with van der Waals surface area (Å²) in [6, 6.07) is 0.472. The minimum absolute atomic E-state index is 0.179. The first kappa shape index (κ1) is 10.7. The van der Waals surface area contributed by atoms with Crippen LogP contribution < -0.4 is 5.73 Å². The Labute approximate surface area is 99.1 Å². The Balaban J connectivity index is 1.93. The van der Waals surface area contributed by atoms with Crippen molar-refractivity contribution in [1.29, 1.82) is 0 Å². The highest BCUT2D eigenvalue weighted by molar-refractivity contribution is 5.76. The molecular weight excluding hydrogens is 220 g/mol. The van der Waals surface area contributed by atoms with E-state index >= 15 is 0 Å². The van der Waals surface area contributed by atoms with Crippen molar-refractivity contribution in [2.45, 2.75) is 37.6 Å². The Morgan fingerprint density at radius 2 is 2.29 bits per heavy atom. The summed E-state index contributed by atoms with van der Waals surface area (Å²) in [5, 5.41) is 8.30. The highest BCUT2D eigenvalue weighted by Gasteiger charge is 2.33. The highest BCUT2D eigenvalue weighted by Crippen LogP contribution is 2.38. The Morgan fingerprint density at radius 3 is 2.88 bits per heavy atom. The summed E-state index contributed by atoms with van der Waals surface area (Å²) < 4.78 is 7.39. The van der Waals surface area contributed by atoms with Crippen molar-refractivity contribution in [3.63, 3.8) is 0 Å². The van der Waals surface area contributed by atoms with Crippen molar-refractivity contribution in [3.8, 4) is 0 Å². The molecule has 2 N–H and O–H groups in total. The van der Waals surface area contributed by atoms with Gasteiger partial charge in [0.1, 0.15) is 0 Å². The van der Waals surface area contributed by atoms with Gasteiger partial charge in [0.15, 0.2) is 0 Å². The SMILES string of the molecule is NC(=O)Cc1nnn(C2CC2)c1C1CCOC1. The normalized spacial score (nSPS) is 24.1. The van der Waals surface area contributed by atoms with Gasteiger partial charge in [-0.25, -0.2) is 4.68 Å². The predicted molar refractivity (Wildman–Crippen MR) is 59.4 cm³/mol. The van der Waals surface area contributed by atoms with E-state index in [9.17, 15) is 4.79 Å². The number of ether oxygens (including phenoxy) is 1. The fraction of sp³-hybridized carbons (Fsp3) is 0.727. The second-order valence-corrected chi connectivity index (χ2v) is 4.80. The Kier molecular flexibility index (Phi) is 2.58. The van der Waals surface area contributed by atoms with Crippen LogP contribution in [-0.2, 0) is 16.0 Å². The van der Waals surface area contributed by atoms with Crippen LogP contribution in [0.25, 0.3) is 0 Å². The quantitative estimate of drug-likeness (QED) is 0.806. The van der Waals surface area contributed by atoms with E-state index < -0.39 is 0 Å². The molecule has 2 aliphatic rings. The fourth-order valence-corrected chi connectivity index (χ4v) is 2.39. The number of aromatic nitrogens is 3. The zero-order valence-electron chi connectivity index (χ0n) is 9.63. The third-order valence-corrected chi connectivity index (χ3v) is 3.36. The number of nitrogens with zero attached hydrogens (tertiary/aromatic N) is 3. The molecule has 1 aromatic rings. The molecule has 6 nitrogen and oxygen atoms in total. The third-order valence-electron chi connectivity index (χ3n) is 3.36. The zero-order valence-corrected chi connectivity index (χ0v) is 9.63. The average Bonchev–Trinajstić information content (AvgIpc) is 2.84. The maximum absolute atomic E-state index is 11.0. The van der Waals surface area contributed by atoms with E-state index in [4.69, 9.17) is 10.5 Å². The Morgan fingerprint density at radius 1 is 1.47 bits per heavy atom. The molecule has 2 fully saturated rings. The van der Waals surface area contributed by atoms with Gasteiger partial charge in [-0.1, -0.05) is 5.21 Å². The fourth-order valence-electron chi connectivity index (χ4n) is 2.39. The van der Waals surface area contributed by atoms with Crippen molar-refractivity contribution >= 4 is 5.91 Å². The third kappa shape index (κ3) is 2.04. The van der Waals surface area contributed by atoms with E-state index in [0.717, 1.165) is 37.3 Å². The molecule has 1 amide bonds. The standard InChI is InChI=1S/C11H16N4O2/c12-10(16)5-9-11(7-3-4-17-6-7)15(14-13-9)8-1-2-8/h7-8H,1-6H2,(H2,12,16). The van der Waals surface area contributed by atoms with Gasteiger partial charge in [-0.15, -0.1) is 5.10 Å². The van der Waals surface area contributed by atoms with E-state index in [-0.39, 0.29) is 12.3 Å². The molecule has 2 heterocycles. The van der Waals surface area contributed by atoms with Crippen LogP contribution in [0.4, 0.5) is 0 Å². The zero-order chi connectivity index (χ0) is 11.8. The molecule has 0 aromatic carbocycles. The van der Waals surface area contributed by atoms with Gasteiger partial charge in [-0.2, -0.15) is 0 Å². The van der Waals surface area contributed by atoms with Crippen LogP contribution in [0.15, 0.2) is 0 Å². The van der Waals surface area contributed by atoms with Crippen LogP contribution in [-0.4, -0.2) is 34.1 Å². The summed E-state index contributed by atoms with van der Waals surface area (Å²) in [6.45, 7) is 1.47. The topological polar surface area (TPSA) is 83.0 Å². The number of amides is 1. The molecule has 0 spiro atoms. The summed E-state index contributed by atoms with van der Waals surface area (Å²) in [7, 11) is 0. The maximum atomic E-state index is 11.0. The number of carbonyl (C=O) groups is 1. The summed E-state index contributed by atoms with van der Waals surface area (Å²) >= 11 is 0. The smallest absolute Gasteiger partial charge is 0.223 e. The van der Waals surface area contributed by atoms with Gasteiger partial charge >= 0.3 is 0 Å². The van der Waals surface area contributed by atoms with Gasteiger partial charge in [0, 0.05) is 12.5 Å². The maximum Gasteiger partial charge on any atom is 0.223 e. The lowest BCUT2D eigenvalue weighted by Gasteiger charge is -2.11. The molecule has 92 valence electrons. The molecule has 1 saturated carbocycles. The van der Waals surface area contributed by atoms with Crippen molar-refractivity contribution in [3.05, 3.63) is 11.4 Å². The van der Waals surface area contributed by atoms with E-state index in [0.29, 0.717) is 18.6 Å². The van der Waals surface area contributed by atoms with Crippen molar-refractivity contribution in [1.82, 2.24) is 15.0 Å². The van der Waals surface area contributed by atoms with Crippen LogP contribution >= 0.6 is 0 Å². The molecule has 1 saturated heterocycles. The molecule has 1 atom stereocenters. The molecule has 0 radical (unpaired) electrons. The van der Waals surface area contributed by atoms with Crippen molar-refractivity contribution in [2.75, 3.05) is 13.2 Å². The molecule has 0 bridgehead atoms. The lowest BCUT2D eigenvalue weighted by atomic mass is 10.0. The summed E-state index contributed by atoms with van der Waals surface area (Å²) in [4.78, 5) is 11.0. The lowest BCUT2D eigenvalue weighted by molar-refractivity contribution is -0.117. The molecule has 3 rings (SSSR count). The van der Waals surface area contributed by atoms with E-state index in [2.05, 4.69) is 10.3 Å². The van der Waals surface area contributed by atoms with Gasteiger partial charge in [0.05, 0.1) is 30.5 Å². The molecular formula is C11H16N4O2. The number of nitrogens with two attached hydrogens (primary N) is 1. The van der Waals surface area contributed by atoms with Crippen LogP contribution in [0, 0.1) is 0 Å². The second-order valence-electron chi connectivity index (χ2n) is 4.80. The number of hydrogen-bond donors (Lipinski definition) is 1. The first-order valence-electron chi connectivity index (χ1n) is 6.05. The average molecular weight is 236 g/mol.